The van der Waals surface area contributed by atoms with Crippen molar-refractivity contribution in [1.29, 1.82) is 0 Å². The van der Waals surface area contributed by atoms with E-state index in [4.69, 9.17) is 9.84 Å². The van der Waals surface area contributed by atoms with E-state index in [-0.39, 0.29) is 35.2 Å². The maximum atomic E-state index is 13.2. The molecule has 0 unspecified atom stereocenters. The van der Waals surface area contributed by atoms with Crippen LogP contribution in [0.3, 0.4) is 0 Å². The number of anilines is 1. The maximum absolute atomic E-state index is 13.2. The van der Waals surface area contributed by atoms with Crippen LogP contribution in [0, 0.1) is 19.8 Å². The molecular formula is C25H27FN2O5S. The predicted molar refractivity (Wildman–Crippen MR) is 128 cm³/mol. The van der Waals surface area contributed by atoms with Crippen LogP contribution < -0.4 is 9.46 Å². The number of aryl methyl sites for hydroxylation is 2. The SMILES string of the molecule is Cc1cc(NS(=O)(=O)c2ncccc2C[C@H](C)CF)c(OCc2ccc(C(=O)O)cc2)cc1C. The zero-order chi connectivity index (χ0) is 24.9. The van der Waals surface area contributed by atoms with E-state index in [1.807, 2.05) is 13.8 Å². The summed E-state index contributed by atoms with van der Waals surface area (Å²) >= 11 is 0. The third-order valence-electron chi connectivity index (χ3n) is 5.37. The quantitative estimate of drug-likeness (QED) is 0.421. The number of carbonyl (C=O) groups is 1. The van der Waals surface area contributed by atoms with Crippen LogP contribution in [-0.2, 0) is 23.1 Å². The number of carboxylic acid groups (broad SMARTS) is 1. The number of benzene rings is 2. The molecule has 0 saturated heterocycles. The van der Waals surface area contributed by atoms with Gasteiger partial charge in [-0.3, -0.25) is 9.11 Å². The van der Waals surface area contributed by atoms with Crippen molar-refractivity contribution in [2.75, 3.05) is 11.4 Å². The average molecular weight is 487 g/mol. The Morgan fingerprint density at radius 3 is 2.47 bits per heavy atom. The minimum atomic E-state index is -4.08. The first-order valence-electron chi connectivity index (χ1n) is 10.7. The van der Waals surface area contributed by atoms with Gasteiger partial charge >= 0.3 is 5.97 Å². The summed E-state index contributed by atoms with van der Waals surface area (Å²) in [5.41, 5.74) is 3.35. The number of alkyl halides is 1. The van der Waals surface area contributed by atoms with Gasteiger partial charge in [0.25, 0.3) is 10.0 Å². The molecule has 0 aliphatic heterocycles. The van der Waals surface area contributed by atoms with Crippen molar-refractivity contribution >= 4 is 21.7 Å². The van der Waals surface area contributed by atoms with Gasteiger partial charge in [-0.1, -0.05) is 25.1 Å². The Morgan fingerprint density at radius 1 is 1.15 bits per heavy atom. The van der Waals surface area contributed by atoms with Crippen molar-refractivity contribution in [2.24, 2.45) is 5.92 Å². The van der Waals surface area contributed by atoms with Crippen LogP contribution in [0.4, 0.5) is 10.1 Å². The molecule has 0 radical (unpaired) electrons. The standard InChI is InChI=1S/C25H27FN2O5S/c1-16(14-26)11-21-5-4-10-27-24(21)34(31,32)28-22-12-17(2)18(3)13-23(22)33-15-19-6-8-20(9-7-19)25(29)30/h4-10,12-13,16,28H,11,14-15H2,1-3H3,(H,29,30)/t16-/m0/s1. The van der Waals surface area contributed by atoms with Gasteiger partial charge < -0.3 is 9.84 Å². The van der Waals surface area contributed by atoms with Gasteiger partial charge in [0.2, 0.25) is 0 Å². The van der Waals surface area contributed by atoms with Gasteiger partial charge in [-0.2, -0.15) is 8.42 Å². The number of aromatic carboxylic acids is 1. The van der Waals surface area contributed by atoms with Crippen LogP contribution in [0.1, 0.15) is 39.5 Å². The number of nitrogens with one attached hydrogen (secondary N) is 1. The number of pyridine rings is 1. The molecule has 7 nitrogen and oxygen atoms in total. The van der Waals surface area contributed by atoms with Gasteiger partial charge in [0.1, 0.15) is 12.4 Å². The van der Waals surface area contributed by atoms with Crippen LogP contribution in [0.15, 0.2) is 59.8 Å². The Labute approximate surface area is 198 Å². The highest BCUT2D eigenvalue weighted by Gasteiger charge is 2.23. The molecule has 3 rings (SSSR count). The topological polar surface area (TPSA) is 106 Å². The van der Waals surface area contributed by atoms with Crippen molar-refractivity contribution in [3.05, 3.63) is 82.5 Å². The lowest BCUT2D eigenvalue weighted by atomic mass is 10.0. The van der Waals surface area contributed by atoms with Gasteiger partial charge in [0, 0.05) is 6.20 Å². The highest BCUT2D eigenvalue weighted by atomic mass is 32.2. The van der Waals surface area contributed by atoms with Gasteiger partial charge in [0.05, 0.1) is 17.9 Å². The van der Waals surface area contributed by atoms with E-state index in [2.05, 4.69) is 9.71 Å². The molecule has 1 atom stereocenters. The molecule has 0 spiro atoms. The second-order valence-electron chi connectivity index (χ2n) is 8.26. The fourth-order valence-electron chi connectivity index (χ4n) is 3.34. The third kappa shape index (κ3) is 6.11. The Morgan fingerprint density at radius 2 is 1.82 bits per heavy atom. The minimum absolute atomic E-state index is 0.111. The van der Waals surface area contributed by atoms with E-state index >= 15 is 0 Å². The largest absolute Gasteiger partial charge is 0.487 e. The van der Waals surface area contributed by atoms with E-state index in [0.717, 1.165) is 16.7 Å². The molecular weight excluding hydrogens is 459 g/mol. The third-order valence-corrected chi connectivity index (χ3v) is 6.74. The first-order chi connectivity index (χ1) is 16.1. The molecule has 1 heterocycles. The summed E-state index contributed by atoms with van der Waals surface area (Å²) < 4.78 is 48.0. The summed E-state index contributed by atoms with van der Waals surface area (Å²) in [6.07, 6.45) is 1.62. The highest BCUT2D eigenvalue weighted by Crippen LogP contribution is 2.31. The molecule has 1 aromatic heterocycles. The predicted octanol–water partition coefficient (Wildman–Crippen LogP) is 4.92. The van der Waals surface area contributed by atoms with Crippen LogP contribution in [0.5, 0.6) is 5.75 Å². The minimum Gasteiger partial charge on any atom is -0.487 e. The molecule has 9 heteroatoms. The number of nitrogens with zero attached hydrogens (tertiary/aromatic N) is 1. The zero-order valence-corrected chi connectivity index (χ0v) is 20.0. The molecule has 0 amide bonds. The van der Waals surface area contributed by atoms with E-state index in [1.54, 1.807) is 43.3 Å². The molecule has 0 bridgehead atoms. The Bertz CT molecular complexity index is 1280. The number of halogens is 1. The first kappa shape index (κ1) is 25.2. The highest BCUT2D eigenvalue weighted by molar-refractivity contribution is 7.92. The van der Waals surface area contributed by atoms with Crippen molar-refractivity contribution in [3.8, 4) is 5.75 Å². The van der Waals surface area contributed by atoms with Crippen molar-refractivity contribution in [2.45, 2.75) is 38.8 Å². The molecule has 0 fully saturated rings. The Balaban J connectivity index is 1.88. The summed E-state index contributed by atoms with van der Waals surface area (Å²) in [6, 6.07) is 12.9. The second-order valence-corrected chi connectivity index (χ2v) is 9.86. The molecule has 34 heavy (non-hydrogen) atoms. The van der Waals surface area contributed by atoms with Crippen molar-refractivity contribution < 1.29 is 27.4 Å². The normalized spacial score (nSPS) is 12.2. The Hall–Kier alpha value is -3.46. The lowest BCUT2D eigenvalue weighted by molar-refractivity contribution is 0.0697. The van der Waals surface area contributed by atoms with Crippen molar-refractivity contribution in [1.82, 2.24) is 4.98 Å². The number of aromatic nitrogens is 1. The second kappa shape index (κ2) is 10.6. The van der Waals surface area contributed by atoms with E-state index in [1.165, 1.54) is 18.3 Å². The number of carboxylic acids is 1. The number of sulfonamides is 1. The molecule has 180 valence electrons. The van der Waals surface area contributed by atoms with E-state index in [9.17, 15) is 17.6 Å². The van der Waals surface area contributed by atoms with Crippen LogP contribution in [-0.4, -0.2) is 31.2 Å². The smallest absolute Gasteiger partial charge is 0.335 e. The summed E-state index contributed by atoms with van der Waals surface area (Å²) in [4.78, 5) is 15.1. The van der Waals surface area contributed by atoms with Crippen LogP contribution in [0.2, 0.25) is 0 Å². The molecule has 0 aliphatic rings. The van der Waals surface area contributed by atoms with Crippen LogP contribution in [0.25, 0.3) is 0 Å². The fraction of sp³-hybridized carbons (Fsp3) is 0.280. The lowest BCUT2D eigenvalue weighted by Crippen LogP contribution is -2.18. The van der Waals surface area contributed by atoms with Gasteiger partial charge in [-0.25, -0.2) is 9.78 Å². The number of hydrogen-bond acceptors (Lipinski definition) is 5. The van der Waals surface area contributed by atoms with E-state index < -0.39 is 22.7 Å². The maximum Gasteiger partial charge on any atom is 0.335 e. The van der Waals surface area contributed by atoms with E-state index in [0.29, 0.717) is 11.3 Å². The fourth-order valence-corrected chi connectivity index (χ4v) is 4.58. The number of hydrogen-bond donors (Lipinski definition) is 2. The number of rotatable bonds is 10. The Kier molecular flexibility index (Phi) is 7.88. The monoisotopic (exact) mass is 486 g/mol. The van der Waals surface area contributed by atoms with Crippen LogP contribution >= 0.6 is 0 Å². The van der Waals surface area contributed by atoms with Gasteiger partial charge in [-0.15, -0.1) is 0 Å². The van der Waals surface area contributed by atoms with Gasteiger partial charge in [-0.05, 0) is 78.8 Å². The molecule has 0 saturated carbocycles. The summed E-state index contributed by atoms with van der Waals surface area (Å²) in [5.74, 6) is -1.04. The molecule has 2 aromatic carbocycles. The average Bonchev–Trinajstić information content (AvgIpc) is 2.80. The first-order valence-corrected chi connectivity index (χ1v) is 12.2. The summed E-state index contributed by atoms with van der Waals surface area (Å²) in [5, 5.41) is 8.89. The molecule has 0 aliphatic carbocycles. The summed E-state index contributed by atoms with van der Waals surface area (Å²) in [7, 11) is -4.08. The summed E-state index contributed by atoms with van der Waals surface area (Å²) in [6.45, 7) is 4.99. The molecule has 2 N–H and O–H groups in total. The van der Waals surface area contributed by atoms with Crippen molar-refractivity contribution in [3.63, 3.8) is 0 Å². The lowest BCUT2D eigenvalue weighted by Gasteiger charge is -2.17. The molecule has 3 aromatic rings. The van der Waals surface area contributed by atoms with Gasteiger partial charge in [0.15, 0.2) is 5.03 Å². The zero-order valence-electron chi connectivity index (χ0n) is 19.2. The number of ether oxygens (including phenoxy) is 1.